The summed E-state index contributed by atoms with van der Waals surface area (Å²) in [6.07, 6.45) is 4.17. The van der Waals surface area contributed by atoms with Gasteiger partial charge >= 0.3 is 0 Å². The number of nitrogens with one attached hydrogen (secondary N) is 1. The molecule has 3 N–H and O–H groups in total. The van der Waals surface area contributed by atoms with Crippen molar-refractivity contribution in [3.05, 3.63) is 18.3 Å². The van der Waals surface area contributed by atoms with Crippen molar-refractivity contribution in [1.82, 2.24) is 9.71 Å². The van der Waals surface area contributed by atoms with Crippen LogP contribution < -0.4 is 10.5 Å². The summed E-state index contributed by atoms with van der Waals surface area (Å²) in [6, 6.07) is 2.99. The average molecular weight is 275 g/mol. The van der Waals surface area contributed by atoms with Gasteiger partial charge in [-0.2, -0.15) is 11.8 Å². The van der Waals surface area contributed by atoms with Gasteiger partial charge in [-0.1, -0.05) is 0 Å². The van der Waals surface area contributed by atoms with E-state index in [1.165, 1.54) is 12.3 Å². The Labute approximate surface area is 106 Å². The van der Waals surface area contributed by atoms with E-state index >= 15 is 0 Å². The van der Waals surface area contributed by atoms with E-state index in [0.29, 0.717) is 0 Å². The van der Waals surface area contributed by atoms with Gasteiger partial charge in [0.15, 0.2) is 5.03 Å². The molecule has 0 fully saturated rings. The second-order valence-corrected chi connectivity index (χ2v) is 6.32. The number of hydrogen-bond donors (Lipinski definition) is 2. The van der Waals surface area contributed by atoms with Gasteiger partial charge < -0.3 is 5.73 Å². The number of hydrogen-bond acceptors (Lipinski definition) is 5. The minimum Gasteiger partial charge on any atom is -0.396 e. The van der Waals surface area contributed by atoms with E-state index in [1.54, 1.807) is 17.8 Å². The molecular formula is C10H17N3O2S2. The Kier molecular flexibility index (Phi) is 5.23. The number of thioether (sulfide) groups is 1. The maximum absolute atomic E-state index is 12.0. The Morgan fingerprint density at radius 1 is 1.59 bits per heavy atom. The van der Waals surface area contributed by atoms with Gasteiger partial charge in [-0.3, -0.25) is 0 Å². The molecule has 1 unspecified atom stereocenters. The third-order valence-corrected chi connectivity index (χ3v) is 4.37. The zero-order valence-corrected chi connectivity index (χ0v) is 11.5. The number of anilines is 1. The van der Waals surface area contributed by atoms with Crippen molar-refractivity contribution in [3.63, 3.8) is 0 Å². The number of nitrogen functional groups attached to an aromatic ring is 1. The Morgan fingerprint density at radius 2 is 2.29 bits per heavy atom. The summed E-state index contributed by atoms with van der Waals surface area (Å²) in [4.78, 5) is 3.80. The van der Waals surface area contributed by atoms with Crippen LogP contribution in [-0.2, 0) is 10.0 Å². The highest BCUT2D eigenvalue weighted by molar-refractivity contribution is 7.98. The Morgan fingerprint density at radius 3 is 2.88 bits per heavy atom. The van der Waals surface area contributed by atoms with Gasteiger partial charge in [0.2, 0.25) is 0 Å². The Bertz CT molecular complexity index is 462. The molecule has 0 aliphatic rings. The van der Waals surface area contributed by atoms with Crippen LogP contribution in [-0.4, -0.2) is 31.5 Å². The first-order valence-corrected chi connectivity index (χ1v) is 8.07. The zero-order valence-electron chi connectivity index (χ0n) is 9.88. The lowest BCUT2D eigenvalue weighted by atomic mass is 10.3. The number of aromatic nitrogens is 1. The zero-order chi connectivity index (χ0) is 12.9. The van der Waals surface area contributed by atoms with Crippen molar-refractivity contribution in [2.75, 3.05) is 17.7 Å². The topological polar surface area (TPSA) is 85.1 Å². The largest absolute Gasteiger partial charge is 0.396 e. The first-order valence-electron chi connectivity index (χ1n) is 5.19. The van der Waals surface area contributed by atoms with Crippen molar-refractivity contribution in [3.8, 4) is 0 Å². The van der Waals surface area contributed by atoms with Crippen LogP contribution in [0, 0.1) is 0 Å². The molecule has 0 saturated carbocycles. The van der Waals surface area contributed by atoms with Gasteiger partial charge in [0.1, 0.15) is 0 Å². The number of sulfonamides is 1. The molecule has 0 radical (unpaired) electrons. The molecule has 0 saturated heterocycles. The monoisotopic (exact) mass is 275 g/mol. The number of nitrogens with zero attached hydrogens (tertiary/aromatic N) is 1. The molecule has 1 aromatic rings. The van der Waals surface area contributed by atoms with Crippen molar-refractivity contribution >= 4 is 27.5 Å². The summed E-state index contributed by atoms with van der Waals surface area (Å²) in [7, 11) is -3.62. The van der Waals surface area contributed by atoms with Crippen LogP contribution in [0.15, 0.2) is 23.4 Å². The van der Waals surface area contributed by atoms with Gasteiger partial charge in [0, 0.05) is 12.2 Å². The molecule has 96 valence electrons. The first-order chi connectivity index (χ1) is 7.97. The minimum atomic E-state index is -3.62. The molecule has 0 aromatic carbocycles. The summed E-state index contributed by atoms with van der Waals surface area (Å²) in [5, 5.41) is -0.101. The summed E-state index contributed by atoms with van der Waals surface area (Å²) in [6.45, 7) is 1.83. The van der Waals surface area contributed by atoms with Gasteiger partial charge in [-0.25, -0.2) is 18.1 Å². The standard InChI is InChI=1S/C10H17N3O2S2/c1-8(5-7-16-2)13-17(14,15)10-9(11)4-3-6-12-10/h3-4,6,8,13H,5,7,11H2,1-2H3. The molecule has 0 aliphatic heterocycles. The normalized spacial score (nSPS) is 13.5. The molecule has 1 aromatic heterocycles. The van der Waals surface area contributed by atoms with Crippen LogP contribution >= 0.6 is 11.8 Å². The molecule has 0 amide bonds. The lowest BCUT2D eigenvalue weighted by molar-refractivity contribution is 0.554. The van der Waals surface area contributed by atoms with Crippen molar-refractivity contribution < 1.29 is 8.42 Å². The molecular weight excluding hydrogens is 258 g/mol. The predicted octanol–water partition coefficient (Wildman–Crippen LogP) is 1.08. The second kappa shape index (κ2) is 6.23. The van der Waals surface area contributed by atoms with E-state index < -0.39 is 10.0 Å². The van der Waals surface area contributed by atoms with Crippen LogP contribution in [0.2, 0.25) is 0 Å². The maximum Gasteiger partial charge on any atom is 0.260 e. The predicted molar refractivity (Wildman–Crippen MR) is 71.4 cm³/mol. The number of nitrogens with two attached hydrogens (primary N) is 1. The van der Waals surface area contributed by atoms with Crippen molar-refractivity contribution in [2.45, 2.75) is 24.4 Å². The van der Waals surface area contributed by atoms with E-state index in [-0.39, 0.29) is 16.8 Å². The third-order valence-electron chi connectivity index (χ3n) is 2.17. The molecule has 1 rings (SSSR count). The quantitative estimate of drug-likeness (QED) is 0.811. The van der Waals surface area contributed by atoms with Crippen LogP contribution in [0.1, 0.15) is 13.3 Å². The van der Waals surface area contributed by atoms with Gasteiger partial charge in [0.25, 0.3) is 10.0 Å². The Balaban J connectivity index is 2.79. The van der Waals surface area contributed by atoms with Crippen molar-refractivity contribution in [2.24, 2.45) is 0 Å². The van der Waals surface area contributed by atoms with Crippen molar-refractivity contribution in [1.29, 1.82) is 0 Å². The van der Waals surface area contributed by atoms with E-state index in [0.717, 1.165) is 12.2 Å². The Hall–Kier alpha value is -0.790. The summed E-state index contributed by atoms with van der Waals surface area (Å²) >= 11 is 1.68. The maximum atomic E-state index is 12.0. The molecule has 1 heterocycles. The van der Waals surface area contributed by atoms with Gasteiger partial charge in [-0.15, -0.1) is 0 Å². The van der Waals surface area contributed by atoms with Crippen LogP contribution in [0.3, 0.4) is 0 Å². The molecule has 1 atom stereocenters. The van der Waals surface area contributed by atoms with Gasteiger partial charge in [0.05, 0.1) is 5.69 Å². The highest BCUT2D eigenvalue weighted by Gasteiger charge is 2.20. The SMILES string of the molecule is CSCCC(C)NS(=O)(=O)c1ncccc1N. The summed E-state index contributed by atoms with van der Waals surface area (Å²) in [5.41, 5.74) is 5.76. The fourth-order valence-corrected chi connectivity index (χ4v) is 3.23. The minimum absolute atomic E-state index is 0.101. The lowest BCUT2D eigenvalue weighted by Gasteiger charge is -2.13. The third kappa shape index (κ3) is 4.18. The van der Waals surface area contributed by atoms with E-state index in [9.17, 15) is 8.42 Å². The van der Waals surface area contributed by atoms with E-state index in [2.05, 4.69) is 9.71 Å². The van der Waals surface area contributed by atoms with E-state index in [4.69, 9.17) is 5.73 Å². The average Bonchev–Trinajstić information content (AvgIpc) is 2.26. The van der Waals surface area contributed by atoms with Crippen LogP contribution in [0.4, 0.5) is 5.69 Å². The fourth-order valence-electron chi connectivity index (χ4n) is 1.30. The highest BCUT2D eigenvalue weighted by atomic mass is 32.2. The van der Waals surface area contributed by atoms with Crippen LogP contribution in [0.25, 0.3) is 0 Å². The summed E-state index contributed by atoms with van der Waals surface area (Å²) in [5.74, 6) is 0.904. The molecule has 0 bridgehead atoms. The number of pyridine rings is 1. The van der Waals surface area contributed by atoms with E-state index in [1.807, 2.05) is 13.2 Å². The second-order valence-electron chi connectivity index (χ2n) is 3.70. The highest BCUT2D eigenvalue weighted by Crippen LogP contribution is 2.14. The number of rotatable bonds is 6. The molecule has 0 aliphatic carbocycles. The summed E-state index contributed by atoms with van der Waals surface area (Å²) < 4.78 is 26.5. The fraction of sp³-hybridized carbons (Fsp3) is 0.500. The first kappa shape index (κ1) is 14.3. The smallest absolute Gasteiger partial charge is 0.260 e. The molecule has 17 heavy (non-hydrogen) atoms. The lowest BCUT2D eigenvalue weighted by Crippen LogP contribution is -2.33. The van der Waals surface area contributed by atoms with Gasteiger partial charge in [-0.05, 0) is 37.5 Å². The molecule has 0 spiro atoms. The molecule has 5 nitrogen and oxygen atoms in total. The molecule has 7 heteroatoms. The van der Waals surface area contributed by atoms with Crippen LogP contribution in [0.5, 0.6) is 0 Å².